The second-order valence-corrected chi connectivity index (χ2v) is 5.92. The lowest BCUT2D eigenvalue weighted by Crippen LogP contribution is -2.46. The van der Waals surface area contributed by atoms with Gasteiger partial charge in [-0.3, -0.25) is 9.59 Å². The molecule has 9 heteroatoms. The van der Waals surface area contributed by atoms with Crippen molar-refractivity contribution in [3.63, 3.8) is 0 Å². The molecule has 0 aliphatic carbocycles. The number of hydrogen-bond acceptors (Lipinski definition) is 6. The van der Waals surface area contributed by atoms with Gasteiger partial charge in [0, 0.05) is 6.07 Å². The first-order valence-corrected chi connectivity index (χ1v) is 8.01. The monoisotopic (exact) mass is 367 g/mol. The Morgan fingerprint density at radius 3 is 2.38 bits per heavy atom. The molecule has 1 aromatic rings. The summed E-state index contributed by atoms with van der Waals surface area (Å²) in [6.45, 7) is 3.92. The van der Waals surface area contributed by atoms with Crippen LogP contribution in [-0.4, -0.2) is 44.8 Å². The quantitative estimate of drug-likeness (QED) is 0.603. The number of methoxy groups -OCH3 is 2. The number of carbonyl (C=O) groups is 3. The number of ether oxygens (including phenoxy) is 3. The first kappa shape index (κ1) is 21.1. The number of nitrogens with one attached hydrogen (secondary N) is 2. The number of rotatable bonds is 9. The maximum absolute atomic E-state index is 12.5. The first-order chi connectivity index (χ1) is 12.3. The van der Waals surface area contributed by atoms with E-state index in [1.807, 2.05) is 13.8 Å². The van der Waals surface area contributed by atoms with E-state index >= 15 is 0 Å². The zero-order valence-corrected chi connectivity index (χ0v) is 15.3. The molecule has 144 valence electrons. The van der Waals surface area contributed by atoms with Crippen molar-refractivity contribution in [2.45, 2.75) is 26.3 Å². The Balaban J connectivity index is 2.89. The summed E-state index contributed by atoms with van der Waals surface area (Å²) in [7, 11) is 2.93. The zero-order chi connectivity index (χ0) is 19.7. The van der Waals surface area contributed by atoms with Crippen LogP contribution in [0.15, 0.2) is 18.2 Å². The number of alkyl carbamates (subject to hydrolysis) is 1. The van der Waals surface area contributed by atoms with E-state index in [9.17, 15) is 14.4 Å². The van der Waals surface area contributed by atoms with Crippen LogP contribution in [0.1, 0.15) is 20.3 Å². The van der Waals surface area contributed by atoms with E-state index in [-0.39, 0.29) is 18.9 Å². The molecule has 0 aliphatic heterocycles. The third-order valence-corrected chi connectivity index (χ3v) is 3.23. The molecule has 1 rings (SSSR count). The highest BCUT2D eigenvalue weighted by atomic mass is 16.5. The van der Waals surface area contributed by atoms with Crippen LogP contribution in [0.4, 0.5) is 10.5 Å². The molecule has 4 N–H and O–H groups in total. The summed E-state index contributed by atoms with van der Waals surface area (Å²) in [6.07, 6.45) is -1.19. The second-order valence-electron chi connectivity index (χ2n) is 5.92. The molecule has 26 heavy (non-hydrogen) atoms. The number of amides is 3. The van der Waals surface area contributed by atoms with Gasteiger partial charge in [-0.2, -0.15) is 0 Å². The number of benzene rings is 1. The van der Waals surface area contributed by atoms with Gasteiger partial charge in [0.2, 0.25) is 11.8 Å². The summed E-state index contributed by atoms with van der Waals surface area (Å²) in [4.78, 5) is 35.6. The third-order valence-electron chi connectivity index (χ3n) is 3.23. The molecule has 0 heterocycles. The summed E-state index contributed by atoms with van der Waals surface area (Å²) < 4.78 is 15.3. The van der Waals surface area contributed by atoms with Gasteiger partial charge >= 0.3 is 6.09 Å². The minimum Gasteiger partial charge on any atom is -0.497 e. The van der Waals surface area contributed by atoms with Crippen LogP contribution in [0, 0.1) is 5.92 Å². The lowest BCUT2D eigenvalue weighted by atomic mass is 10.1. The van der Waals surface area contributed by atoms with E-state index in [1.54, 1.807) is 18.2 Å². The molecule has 0 aromatic heterocycles. The predicted molar refractivity (Wildman–Crippen MR) is 95.1 cm³/mol. The standard InChI is InChI=1S/C17H25N3O6/c1-10(2)9-26-17(23)20-13(8-15(18)21)16(22)19-12-7-11(24-3)5-6-14(12)25-4/h5-7,10,13H,8-9H2,1-4H3,(H2,18,21)(H,19,22)(H,20,23)/t13-/m1/s1. The summed E-state index contributed by atoms with van der Waals surface area (Å²) in [5, 5.41) is 4.93. The fourth-order valence-electron chi connectivity index (χ4n) is 1.97. The van der Waals surface area contributed by atoms with Crippen molar-refractivity contribution in [3.8, 4) is 11.5 Å². The van der Waals surface area contributed by atoms with Gasteiger partial charge in [-0.15, -0.1) is 0 Å². The highest BCUT2D eigenvalue weighted by Crippen LogP contribution is 2.29. The topological polar surface area (TPSA) is 129 Å². The van der Waals surface area contributed by atoms with Crippen molar-refractivity contribution in [1.29, 1.82) is 0 Å². The minimum atomic E-state index is -1.19. The van der Waals surface area contributed by atoms with Crippen LogP contribution in [0.25, 0.3) is 0 Å². The summed E-state index contributed by atoms with van der Waals surface area (Å²) in [5.41, 5.74) is 5.49. The maximum atomic E-state index is 12.5. The lowest BCUT2D eigenvalue weighted by molar-refractivity contribution is -0.123. The molecule has 1 aromatic carbocycles. The van der Waals surface area contributed by atoms with E-state index in [0.29, 0.717) is 17.2 Å². The molecule has 0 bridgehead atoms. The van der Waals surface area contributed by atoms with Gasteiger partial charge in [-0.1, -0.05) is 13.8 Å². The summed E-state index contributed by atoms with van der Waals surface area (Å²) in [6, 6.07) is 3.64. The molecule has 0 spiro atoms. The summed E-state index contributed by atoms with van der Waals surface area (Å²) in [5.74, 6) is -0.370. The fourth-order valence-corrected chi connectivity index (χ4v) is 1.97. The van der Waals surface area contributed by atoms with E-state index in [1.165, 1.54) is 14.2 Å². The number of hydrogen-bond donors (Lipinski definition) is 3. The van der Waals surface area contributed by atoms with Crippen molar-refractivity contribution in [3.05, 3.63) is 18.2 Å². The first-order valence-electron chi connectivity index (χ1n) is 8.01. The van der Waals surface area contributed by atoms with Gasteiger partial charge in [-0.25, -0.2) is 4.79 Å². The molecule has 1 atom stereocenters. The molecule has 9 nitrogen and oxygen atoms in total. The zero-order valence-electron chi connectivity index (χ0n) is 15.3. The lowest BCUT2D eigenvalue weighted by Gasteiger charge is -2.19. The van der Waals surface area contributed by atoms with Gasteiger partial charge < -0.3 is 30.6 Å². The average molecular weight is 367 g/mol. The van der Waals surface area contributed by atoms with Crippen molar-refractivity contribution in [2.24, 2.45) is 11.7 Å². The third kappa shape index (κ3) is 6.88. The highest BCUT2D eigenvalue weighted by molar-refractivity contribution is 6.00. The Labute approximate surface area is 152 Å². The fraction of sp³-hybridized carbons (Fsp3) is 0.471. The van der Waals surface area contributed by atoms with Crippen molar-refractivity contribution < 1.29 is 28.6 Å². The van der Waals surface area contributed by atoms with Crippen LogP contribution in [-0.2, 0) is 14.3 Å². The SMILES string of the molecule is COc1ccc(OC)c(NC(=O)[C@@H](CC(N)=O)NC(=O)OCC(C)C)c1. The molecule has 0 fully saturated rings. The van der Waals surface area contributed by atoms with Gasteiger partial charge in [0.15, 0.2) is 0 Å². The largest absolute Gasteiger partial charge is 0.497 e. The van der Waals surface area contributed by atoms with E-state index in [4.69, 9.17) is 19.9 Å². The Kier molecular flexibility index (Phi) is 8.20. The maximum Gasteiger partial charge on any atom is 0.407 e. The Morgan fingerprint density at radius 1 is 1.15 bits per heavy atom. The van der Waals surface area contributed by atoms with Crippen molar-refractivity contribution in [2.75, 3.05) is 26.1 Å². The average Bonchev–Trinajstić information content (AvgIpc) is 2.58. The van der Waals surface area contributed by atoms with Crippen LogP contribution < -0.4 is 25.8 Å². The molecule has 0 radical (unpaired) electrons. The van der Waals surface area contributed by atoms with Crippen molar-refractivity contribution in [1.82, 2.24) is 5.32 Å². The molecular weight excluding hydrogens is 342 g/mol. The highest BCUT2D eigenvalue weighted by Gasteiger charge is 2.25. The molecule has 0 aliphatic rings. The normalized spacial score (nSPS) is 11.4. The number of primary amides is 1. The molecule has 0 saturated heterocycles. The second kappa shape index (κ2) is 10.1. The van der Waals surface area contributed by atoms with Gasteiger partial charge in [0.1, 0.15) is 17.5 Å². The van der Waals surface area contributed by atoms with E-state index in [0.717, 1.165) is 0 Å². The van der Waals surface area contributed by atoms with E-state index in [2.05, 4.69) is 10.6 Å². The van der Waals surface area contributed by atoms with Gasteiger partial charge in [-0.05, 0) is 18.1 Å². The molecule has 0 saturated carbocycles. The Bertz CT molecular complexity index is 647. The Morgan fingerprint density at radius 2 is 1.85 bits per heavy atom. The number of nitrogens with two attached hydrogens (primary N) is 1. The van der Waals surface area contributed by atoms with Gasteiger partial charge in [0.05, 0.1) is 32.9 Å². The molecular formula is C17H25N3O6. The number of carbonyl (C=O) groups excluding carboxylic acids is 3. The Hall–Kier alpha value is -2.97. The molecule has 3 amide bonds. The number of anilines is 1. The summed E-state index contributed by atoms with van der Waals surface area (Å²) >= 11 is 0. The van der Waals surface area contributed by atoms with Crippen molar-refractivity contribution >= 4 is 23.6 Å². The van der Waals surface area contributed by atoms with Gasteiger partial charge in [0.25, 0.3) is 0 Å². The van der Waals surface area contributed by atoms with Crippen LogP contribution in [0.5, 0.6) is 11.5 Å². The smallest absolute Gasteiger partial charge is 0.407 e. The van der Waals surface area contributed by atoms with Crippen LogP contribution in [0.3, 0.4) is 0 Å². The van der Waals surface area contributed by atoms with Crippen LogP contribution >= 0.6 is 0 Å². The van der Waals surface area contributed by atoms with Crippen LogP contribution in [0.2, 0.25) is 0 Å². The predicted octanol–water partition coefficient (Wildman–Crippen LogP) is 1.27. The minimum absolute atomic E-state index is 0.130. The molecule has 0 unspecified atom stereocenters. The van der Waals surface area contributed by atoms with E-state index < -0.39 is 23.9 Å².